The molecule has 0 aliphatic rings. The van der Waals surface area contributed by atoms with Gasteiger partial charge in [-0.1, -0.05) is 0 Å². The first kappa shape index (κ1) is 11.9. The van der Waals surface area contributed by atoms with E-state index < -0.39 is 0 Å². The third-order valence-corrected chi connectivity index (χ3v) is 2.58. The first-order valence-electron chi connectivity index (χ1n) is 5.29. The van der Waals surface area contributed by atoms with E-state index in [0.29, 0.717) is 11.3 Å². The van der Waals surface area contributed by atoms with Gasteiger partial charge in [-0.05, 0) is 30.3 Å². The van der Waals surface area contributed by atoms with Crippen molar-refractivity contribution in [3.05, 3.63) is 48.3 Å². The minimum Gasteiger partial charge on any atom is -0.504 e. The molecular weight excluding hydrogens is 232 g/mol. The summed E-state index contributed by atoms with van der Waals surface area (Å²) in [6.07, 6.45) is 3.18. The van der Waals surface area contributed by atoms with Gasteiger partial charge in [0.1, 0.15) is 0 Å². The Morgan fingerprint density at radius 3 is 2.39 bits per heavy atom. The van der Waals surface area contributed by atoms with Gasteiger partial charge in [0.05, 0.1) is 0 Å². The minimum atomic E-state index is -0.316. The number of hydrogen-bond acceptors (Lipinski definition) is 4. The largest absolute Gasteiger partial charge is 0.504 e. The van der Waals surface area contributed by atoms with E-state index in [1.807, 2.05) is 0 Å². The smallest absolute Gasteiger partial charge is 0.258 e. The maximum atomic E-state index is 12.1. The third kappa shape index (κ3) is 2.24. The predicted molar refractivity (Wildman–Crippen MR) is 66.7 cm³/mol. The van der Waals surface area contributed by atoms with Crippen LogP contribution < -0.4 is 4.90 Å². The first-order valence-corrected chi connectivity index (χ1v) is 5.29. The number of carbonyl (C=O) groups excluding carboxylic acids is 1. The molecule has 0 spiro atoms. The molecule has 5 heteroatoms. The van der Waals surface area contributed by atoms with Gasteiger partial charge < -0.3 is 15.1 Å². The lowest BCUT2D eigenvalue weighted by Gasteiger charge is -2.17. The number of rotatable bonds is 2. The summed E-state index contributed by atoms with van der Waals surface area (Å²) in [5, 5.41) is 18.6. The molecule has 2 rings (SSSR count). The molecule has 1 amide bonds. The van der Waals surface area contributed by atoms with Crippen LogP contribution in [0.3, 0.4) is 0 Å². The molecular formula is C13H12N2O3. The van der Waals surface area contributed by atoms with Crippen LogP contribution in [-0.2, 0) is 0 Å². The molecule has 5 nitrogen and oxygen atoms in total. The number of pyridine rings is 1. The van der Waals surface area contributed by atoms with E-state index in [1.54, 1.807) is 31.6 Å². The number of aromatic nitrogens is 1. The van der Waals surface area contributed by atoms with E-state index in [1.165, 1.54) is 23.1 Å². The number of anilines is 1. The van der Waals surface area contributed by atoms with E-state index in [9.17, 15) is 15.0 Å². The zero-order valence-corrected chi connectivity index (χ0v) is 9.74. The van der Waals surface area contributed by atoms with Crippen LogP contribution in [0.15, 0.2) is 42.7 Å². The highest BCUT2D eigenvalue weighted by atomic mass is 16.3. The van der Waals surface area contributed by atoms with Crippen molar-refractivity contribution < 1.29 is 15.0 Å². The summed E-state index contributed by atoms with van der Waals surface area (Å²) in [6, 6.07) is 7.38. The molecule has 0 saturated heterocycles. The van der Waals surface area contributed by atoms with Crippen molar-refractivity contribution in [3.8, 4) is 11.5 Å². The van der Waals surface area contributed by atoms with Gasteiger partial charge >= 0.3 is 0 Å². The molecule has 18 heavy (non-hydrogen) atoms. The number of hydrogen-bond donors (Lipinski definition) is 2. The number of benzene rings is 1. The lowest BCUT2D eigenvalue weighted by Crippen LogP contribution is -2.26. The molecule has 2 aromatic rings. The minimum absolute atomic E-state index is 0.252. The van der Waals surface area contributed by atoms with Crippen LogP contribution in [0.4, 0.5) is 5.69 Å². The molecule has 92 valence electrons. The van der Waals surface area contributed by atoms with E-state index in [0.717, 1.165) is 0 Å². The highest BCUT2D eigenvalue weighted by molar-refractivity contribution is 6.06. The van der Waals surface area contributed by atoms with Gasteiger partial charge in [-0.2, -0.15) is 0 Å². The molecule has 1 aromatic heterocycles. The Morgan fingerprint density at radius 1 is 1.11 bits per heavy atom. The first-order chi connectivity index (χ1) is 8.59. The Bertz CT molecular complexity index is 570. The lowest BCUT2D eigenvalue weighted by atomic mass is 10.1. The molecule has 0 unspecified atom stereocenters. The van der Waals surface area contributed by atoms with Gasteiger partial charge in [0.15, 0.2) is 11.5 Å². The molecule has 0 atom stereocenters. The standard InChI is InChI=1S/C13H12N2O3/c1-15(10-4-6-14-7-5-10)13(18)9-2-3-11(16)12(17)8-9/h2-8,16-17H,1H3. The Kier molecular flexibility index (Phi) is 3.14. The van der Waals surface area contributed by atoms with Gasteiger partial charge in [-0.15, -0.1) is 0 Å². The molecule has 0 aliphatic heterocycles. The number of carbonyl (C=O) groups is 1. The summed E-state index contributed by atoms with van der Waals surface area (Å²) in [6.45, 7) is 0. The van der Waals surface area contributed by atoms with Crippen LogP contribution >= 0.6 is 0 Å². The van der Waals surface area contributed by atoms with Crippen molar-refractivity contribution in [3.63, 3.8) is 0 Å². The molecule has 0 radical (unpaired) electrons. The fourth-order valence-electron chi connectivity index (χ4n) is 1.54. The second-order valence-electron chi connectivity index (χ2n) is 3.77. The van der Waals surface area contributed by atoms with Crippen LogP contribution in [0, 0.1) is 0 Å². The van der Waals surface area contributed by atoms with Crippen molar-refractivity contribution in [2.24, 2.45) is 0 Å². The van der Waals surface area contributed by atoms with Crippen molar-refractivity contribution >= 4 is 11.6 Å². The number of nitrogens with zero attached hydrogens (tertiary/aromatic N) is 2. The summed E-state index contributed by atoms with van der Waals surface area (Å²) < 4.78 is 0. The Morgan fingerprint density at radius 2 is 1.78 bits per heavy atom. The molecule has 0 aliphatic carbocycles. The zero-order valence-electron chi connectivity index (χ0n) is 9.74. The van der Waals surface area contributed by atoms with Gasteiger partial charge in [-0.25, -0.2) is 0 Å². The Hall–Kier alpha value is -2.56. The topological polar surface area (TPSA) is 73.7 Å². The summed E-state index contributed by atoms with van der Waals surface area (Å²) in [5.74, 6) is -0.849. The normalized spacial score (nSPS) is 10.1. The summed E-state index contributed by atoms with van der Waals surface area (Å²) >= 11 is 0. The monoisotopic (exact) mass is 244 g/mol. The molecule has 0 bridgehead atoms. The van der Waals surface area contributed by atoms with Crippen LogP contribution in [0.2, 0.25) is 0 Å². The van der Waals surface area contributed by atoms with Crippen molar-refractivity contribution in [2.45, 2.75) is 0 Å². The fraction of sp³-hybridized carbons (Fsp3) is 0.0769. The number of aromatic hydroxyl groups is 2. The maximum absolute atomic E-state index is 12.1. The van der Waals surface area contributed by atoms with Crippen molar-refractivity contribution in [1.82, 2.24) is 4.98 Å². The lowest BCUT2D eigenvalue weighted by molar-refractivity contribution is 0.0992. The van der Waals surface area contributed by atoms with Crippen LogP contribution in [-0.4, -0.2) is 28.2 Å². The summed E-state index contributed by atoms with van der Waals surface area (Å²) in [5.41, 5.74) is 0.993. The average Bonchev–Trinajstić information content (AvgIpc) is 2.41. The number of phenolic OH excluding ortho intramolecular Hbond substituents is 2. The van der Waals surface area contributed by atoms with Gasteiger partial charge in [-0.3, -0.25) is 9.78 Å². The van der Waals surface area contributed by atoms with Crippen molar-refractivity contribution in [1.29, 1.82) is 0 Å². The summed E-state index contributed by atoms with van der Waals surface area (Å²) in [7, 11) is 1.63. The number of phenols is 2. The zero-order chi connectivity index (χ0) is 13.1. The van der Waals surface area contributed by atoms with Gasteiger partial charge in [0, 0.05) is 30.7 Å². The van der Waals surface area contributed by atoms with Crippen LogP contribution in [0.1, 0.15) is 10.4 Å². The second kappa shape index (κ2) is 4.75. The Labute approximate surface area is 104 Å². The van der Waals surface area contributed by atoms with E-state index in [-0.39, 0.29) is 17.4 Å². The Balaban J connectivity index is 2.29. The number of amides is 1. The fourth-order valence-corrected chi connectivity index (χ4v) is 1.54. The summed E-state index contributed by atoms with van der Waals surface area (Å²) in [4.78, 5) is 17.4. The maximum Gasteiger partial charge on any atom is 0.258 e. The van der Waals surface area contributed by atoms with E-state index in [2.05, 4.69) is 4.98 Å². The third-order valence-electron chi connectivity index (χ3n) is 2.58. The second-order valence-corrected chi connectivity index (χ2v) is 3.77. The molecule has 1 heterocycles. The molecule has 1 aromatic carbocycles. The SMILES string of the molecule is CN(C(=O)c1ccc(O)c(O)c1)c1ccncc1. The van der Waals surface area contributed by atoms with Crippen LogP contribution in [0.5, 0.6) is 11.5 Å². The van der Waals surface area contributed by atoms with E-state index in [4.69, 9.17) is 0 Å². The average molecular weight is 244 g/mol. The molecule has 2 N–H and O–H groups in total. The van der Waals surface area contributed by atoms with Gasteiger partial charge in [0.2, 0.25) is 0 Å². The van der Waals surface area contributed by atoms with Gasteiger partial charge in [0.25, 0.3) is 5.91 Å². The predicted octanol–water partition coefficient (Wildman–Crippen LogP) is 1.77. The van der Waals surface area contributed by atoms with E-state index >= 15 is 0 Å². The molecule has 0 saturated carbocycles. The highest BCUT2D eigenvalue weighted by Gasteiger charge is 2.14. The molecule has 0 fully saturated rings. The van der Waals surface area contributed by atoms with Crippen LogP contribution in [0.25, 0.3) is 0 Å². The highest BCUT2D eigenvalue weighted by Crippen LogP contribution is 2.26. The van der Waals surface area contributed by atoms with Crippen molar-refractivity contribution in [2.75, 3.05) is 11.9 Å². The quantitative estimate of drug-likeness (QED) is 0.789.